The van der Waals surface area contributed by atoms with Crippen LogP contribution in [-0.2, 0) is 44.2 Å². The number of methoxy groups -OCH3 is 1. The third-order valence-electron chi connectivity index (χ3n) is 11.6. The average molecular weight is 818 g/mol. The number of carbonyl (C=O) groups is 2. The number of nitrogens with one attached hydrogen (secondary N) is 2. The number of urea groups is 1. The lowest BCUT2D eigenvalue weighted by Gasteiger charge is -2.45. The van der Waals surface area contributed by atoms with E-state index in [1.807, 2.05) is 127 Å². The number of nitrogens with zero attached hydrogens (tertiary/aromatic N) is 1. The summed E-state index contributed by atoms with van der Waals surface area (Å²) in [5, 5.41) is 27.5. The molecule has 0 radical (unpaired) electrons. The van der Waals surface area contributed by atoms with Gasteiger partial charge in [0.1, 0.15) is 6.04 Å². The van der Waals surface area contributed by atoms with Crippen LogP contribution in [0.4, 0.5) is 4.79 Å². The molecule has 0 aliphatic carbocycles. The number of hydrogen-bond acceptors (Lipinski definition) is 8. The number of aliphatic hydroxyl groups excluding tert-OH is 1. The van der Waals surface area contributed by atoms with Crippen LogP contribution in [0.15, 0.2) is 127 Å². The van der Waals surface area contributed by atoms with Gasteiger partial charge in [-0.05, 0) is 70.0 Å². The number of esters is 1. The van der Waals surface area contributed by atoms with Gasteiger partial charge in [-0.3, -0.25) is 0 Å². The Kier molecular flexibility index (Phi) is 13.8. The normalized spacial score (nSPS) is 21.0. The summed E-state index contributed by atoms with van der Waals surface area (Å²) in [7, 11) is 1.31. The van der Waals surface area contributed by atoms with Crippen molar-refractivity contribution in [3.05, 3.63) is 166 Å². The lowest BCUT2D eigenvalue weighted by atomic mass is 9.84. The lowest BCUT2D eigenvalue weighted by molar-refractivity contribution is -0.277. The monoisotopic (exact) mass is 817 g/mol. The molecule has 7 rings (SSSR count). The molecular formula is C48H52ClN3O7. The molecule has 5 aromatic rings. The zero-order chi connectivity index (χ0) is 41.4. The molecule has 0 saturated carbocycles. The number of amides is 2. The molecule has 2 saturated heterocycles. The van der Waals surface area contributed by atoms with Gasteiger partial charge in [0.15, 0.2) is 6.29 Å². The molecule has 4 N–H and O–H groups in total. The van der Waals surface area contributed by atoms with E-state index in [0.717, 1.165) is 57.6 Å². The molecule has 5 aromatic carbocycles. The molecule has 0 aromatic heterocycles. The summed E-state index contributed by atoms with van der Waals surface area (Å²) in [6.07, 6.45) is 0.520. The third-order valence-corrected chi connectivity index (χ3v) is 11.8. The molecule has 308 valence electrons. The van der Waals surface area contributed by atoms with Gasteiger partial charge in [-0.1, -0.05) is 128 Å². The maximum absolute atomic E-state index is 12.9. The summed E-state index contributed by atoms with van der Waals surface area (Å²) in [6.45, 7) is 4.54. The number of halogens is 1. The Bertz CT molecular complexity index is 2140. The van der Waals surface area contributed by atoms with Crippen molar-refractivity contribution >= 4 is 23.6 Å². The Morgan fingerprint density at radius 3 is 2.19 bits per heavy atom. The van der Waals surface area contributed by atoms with Crippen molar-refractivity contribution in [3.8, 4) is 11.1 Å². The lowest BCUT2D eigenvalue weighted by Crippen LogP contribution is -2.49. The number of piperidine rings is 1. The minimum absolute atomic E-state index is 0.0243. The number of aliphatic hydroxyl groups is 2. The van der Waals surface area contributed by atoms with Crippen LogP contribution in [0.25, 0.3) is 11.1 Å². The van der Waals surface area contributed by atoms with Crippen LogP contribution in [-0.4, -0.2) is 66.0 Å². The fourth-order valence-corrected chi connectivity index (χ4v) is 8.13. The summed E-state index contributed by atoms with van der Waals surface area (Å²) in [5.74, 6) is -0.488. The van der Waals surface area contributed by atoms with Gasteiger partial charge in [-0.25, -0.2) is 9.59 Å². The van der Waals surface area contributed by atoms with Gasteiger partial charge in [0.05, 0.1) is 31.5 Å². The molecule has 2 aliphatic heterocycles. The van der Waals surface area contributed by atoms with Gasteiger partial charge in [0.25, 0.3) is 0 Å². The molecule has 0 bridgehead atoms. The van der Waals surface area contributed by atoms with Crippen LogP contribution < -0.4 is 10.6 Å². The van der Waals surface area contributed by atoms with E-state index >= 15 is 0 Å². The summed E-state index contributed by atoms with van der Waals surface area (Å²) >= 11 is 6.12. The minimum Gasteiger partial charge on any atom is -0.467 e. The van der Waals surface area contributed by atoms with Gasteiger partial charge in [-0.15, -0.1) is 0 Å². The number of ether oxygens (including phenoxy) is 3. The van der Waals surface area contributed by atoms with Crippen LogP contribution in [0.1, 0.15) is 65.5 Å². The number of benzene rings is 5. The predicted octanol–water partition coefficient (Wildman–Crippen LogP) is 7.86. The molecule has 59 heavy (non-hydrogen) atoms. The first kappa shape index (κ1) is 42.1. The van der Waals surface area contributed by atoms with Gasteiger partial charge < -0.3 is 40.0 Å². The topological polar surface area (TPSA) is 130 Å². The van der Waals surface area contributed by atoms with E-state index in [4.69, 9.17) is 25.8 Å². The van der Waals surface area contributed by atoms with E-state index in [0.29, 0.717) is 30.8 Å². The van der Waals surface area contributed by atoms with Crippen LogP contribution >= 0.6 is 11.6 Å². The third kappa shape index (κ3) is 10.6. The van der Waals surface area contributed by atoms with Gasteiger partial charge in [-0.2, -0.15) is 0 Å². The first-order chi connectivity index (χ1) is 28.6. The maximum atomic E-state index is 12.9. The highest BCUT2D eigenvalue weighted by atomic mass is 35.5. The Balaban J connectivity index is 1.01. The molecule has 11 heteroatoms. The minimum atomic E-state index is -0.896. The van der Waals surface area contributed by atoms with E-state index < -0.39 is 29.9 Å². The summed E-state index contributed by atoms with van der Waals surface area (Å²) in [4.78, 5) is 27.7. The molecule has 5 atom stereocenters. The Morgan fingerprint density at radius 2 is 1.51 bits per heavy atom. The maximum Gasteiger partial charge on any atom is 0.328 e. The van der Waals surface area contributed by atoms with Crippen molar-refractivity contribution < 1.29 is 34.0 Å². The van der Waals surface area contributed by atoms with Gasteiger partial charge in [0, 0.05) is 49.1 Å². The number of likely N-dealkylation sites (tertiary alicyclic amines) is 1. The van der Waals surface area contributed by atoms with E-state index in [-0.39, 0.29) is 31.3 Å². The van der Waals surface area contributed by atoms with E-state index in [1.54, 1.807) is 0 Å². The molecule has 2 fully saturated rings. The second-order valence-electron chi connectivity index (χ2n) is 15.6. The zero-order valence-electron chi connectivity index (χ0n) is 33.4. The molecule has 0 unspecified atom stereocenters. The molecule has 0 spiro atoms. The van der Waals surface area contributed by atoms with Crippen molar-refractivity contribution in [1.82, 2.24) is 15.5 Å². The number of hydrogen-bond donors (Lipinski definition) is 4. The van der Waals surface area contributed by atoms with Crippen LogP contribution in [0.3, 0.4) is 0 Å². The standard InChI is InChI=1S/C48H52ClN3O7/c1-32-43(30-52-25-23-48(56,24-26-52)40-19-21-41(49)22-20-40)58-46(59-44(32)37-13-11-34(31-53)12-14-37)38-17-15-36(16-18-38)39-10-6-9-35(27-39)29-50-47(55)51-42(45(54)57-2)28-33-7-4-3-5-8-33/h3-22,27,32,42-44,46,53,56H,23-26,28-31H2,1-2H3,(H2,50,51,55)/t32-,42+,43+,44+,46+/m1/s1. The highest BCUT2D eigenvalue weighted by Crippen LogP contribution is 2.43. The second kappa shape index (κ2) is 19.3. The van der Waals surface area contributed by atoms with Crippen molar-refractivity contribution in [2.75, 3.05) is 26.7 Å². The van der Waals surface area contributed by atoms with Gasteiger partial charge in [0.2, 0.25) is 0 Å². The fourth-order valence-electron chi connectivity index (χ4n) is 8.01. The van der Waals surface area contributed by atoms with Crippen molar-refractivity contribution in [2.45, 2.75) is 69.5 Å². The fraction of sp³-hybridized carbons (Fsp3) is 0.333. The molecule has 2 aliphatic rings. The molecule has 2 heterocycles. The first-order valence-electron chi connectivity index (χ1n) is 20.2. The highest BCUT2D eigenvalue weighted by Gasteiger charge is 2.41. The Hall–Kier alpha value is -5.07. The zero-order valence-corrected chi connectivity index (χ0v) is 34.2. The second-order valence-corrected chi connectivity index (χ2v) is 16.0. The largest absolute Gasteiger partial charge is 0.467 e. The molecule has 2 amide bonds. The molecular weight excluding hydrogens is 766 g/mol. The van der Waals surface area contributed by atoms with Crippen LogP contribution in [0, 0.1) is 5.92 Å². The van der Waals surface area contributed by atoms with E-state index in [1.165, 1.54) is 7.11 Å². The quantitative estimate of drug-likeness (QED) is 0.0885. The highest BCUT2D eigenvalue weighted by molar-refractivity contribution is 6.30. The average Bonchev–Trinajstić information content (AvgIpc) is 3.27. The van der Waals surface area contributed by atoms with Gasteiger partial charge >= 0.3 is 12.0 Å². The summed E-state index contributed by atoms with van der Waals surface area (Å²) in [5.41, 5.74) is 6.54. The van der Waals surface area contributed by atoms with Crippen molar-refractivity contribution in [1.29, 1.82) is 0 Å². The van der Waals surface area contributed by atoms with Crippen molar-refractivity contribution in [2.24, 2.45) is 5.92 Å². The summed E-state index contributed by atoms with van der Waals surface area (Å²) in [6, 6.07) is 39.7. The predicted molar refractivity (Wildman–Crippen MR) is 227 cm³/mol. The number of carbonyl (C=O) groups excluding carboxylic acids is 2. The smallest absolute Gasteiger partial charge is 0.328 e. The van der Waals surface area contributed by atoms with E-state index in [2.05, 4.69) is 22.5 Å². The Labute approximate surface area is 351 Å². The number of rotatable bonds is 13. The van der Waals surface area contributed by atoms with Crippen LogP contribution in [0.5, 0.6) is 0 Å². The SMILES string of the molecule is COC(=O)[C@H](Cc1ccccc1)NC(=O)NCc1cccc(-c2ccc([C@H]3O[C@@H](CN4CCC(O)(c5ccc(Cl)cc5)CC4)[C@@H](C)[C@@H](c4ccc(CO)cc4)O3)cc2)c1. The molecule has 10 nitrogen and oxygen atoms in total. The van der Waals surface area contributed by atoms with Crippen molar-refractivity contribution in [3.63, 3.8) is 0 Å². The Morgan fingerprint density at radius 1 is 0.831 bits per heavy atom. The van der Waals surface area contributed by atoms with E-state index in [9.17, 15) is 19.8 Å². The summed E-state index contributed by atoms with van der Waals surface area (Å²) < 4.78 is 18.5. The first-order valence-corrected chi connectivity index (χ1v) is 20.6. The van der Waals surface area contributed by atoms with Crippen LogP contribution in [0.2, 0.25) is 5.02 Å².